The maximum atomic E-state index is 11.0. The Morgan fingerprint density at radius 3 is 2.61 bits per heavy atom. The van der Waals surface area contributed by atoms with E-state index in [9.17, 15) is 9.90 Å². The molecule has 0 saturated heterocycles. The molecule has 0 saturated carbocycles. The number of rotatable bonds is 8. The van der Waals surface area contributed by atoms with Crippen molar-refractivity contribution in [2.45, 2.75) is 19.8 Å². The van der Waals surface area contributed by atoms with Crippen LogP contribution in [0.3, 0.4) is 0 Å². The highest BCUT2D eigenvalue weighted by atomic mass is 35.5. The number of carbonyl (C=O) groups is 1. The van der Waals surface area contributed by atoms with Crippen LogP contribution in [0.4, 0.5) is 11.8 Å². The van der Waals surface area contributed by atoms with Gasteiger partial charge >= 0.3 is 0 Å². The van der Waals surface area contributed by atoms with Gasteiger partial charge in [0.05, 0.1) is 5.56 Å². The third-order valence-corrected chi connectivity index (χ3v) is 4.76. The Hall–Kier alpha value is -2.68. The molecular weight excluding hydrogens is 418 g/mol. The first-order chi connectivity index (χ1) is 14.8. The van der Waals surface area contributed by atoms with Crippen LogP contribution in [0.15, 0.2) is 28.7 Å². The number of aldehydes is 1. The minimum absolute atomic E-state index is 0.0554. The number of aliphatic hydroxyl groups is 1. The highest BCUT2D eigenvalue weighted by Gasteiger charge is 2.19. The molecule has 0 fully saturated rings. The number of aromatic nitrogens is 2. The highest BCUT2D eigenvalue weighted by Crippen LogP contribution is 2.36. The summed E-state index contributed by atoms with van der Waals surface area (Å²) in [7, 11) is 6.00. The third kappa shape index (κ3) is 6.92. The van der Waals surface area contributed by atoms with Crippen LogP contribution in [-0.2, 0) is 0 Å². The number of nitrogen functional groups attached to an aromatic ring is 1. The van der Waals surface area contributed by atoms with Crippen molar-refractivity contribution < 1.29 is 14.3 Å². The van der Waals surface area contributed by atoms with Crippen molar-refractivity contribution >= 4 is 40.6 Å². The van der Waals surface area contributed by atoms with Crippen LogP contribution < -0.4 is 11.1 Å². The molecule has 0 radical (unpaired) electrons. The molecule has 3 aromatic rings. The number of aliphatic hydroxyl groups excluding tert-OH is 1. The fraction of sp³-hybridized carbons (Fsp3) is 0.409. The van der Waals surface area contributed by atoms with Crippen molar-refractivity contribution in [2.75, 3.05) is 45.3 Å². The summed E-state index contributed by atoms with van der Waals surface area (Å²) < 4.78 is 5.88. The number of nitrogens with two attached hydrogens (primary N) is 1. The van der Waals surface area contributed by atoms with Gasteiger partial charge < -0.3 is 25.5 Å². The first kappa shape index (κ1) is 24.6. The first-order valence-electron chi connectivity index (χ1n) is 10.1. The second-order valence-corrected chi connectivity index (χ2v) is 7.99. The average Bonchev–Trinajstić information content (AvgIpc) is 3.12. The number of halogens is 1. The van der Waals surface area contributed by atoms with E-state index in [1.807, 2.05) is 39.0 Å². The van der Waals surface area contributed by atoms with E-state index in [0.29, 0.717) is 34.8 Å². The van der Waals surface area contributed by atoms with Crippen molar-refractivity contribution in [3.63, 3.8) is 0 Å². The van der Waals surface area contributed by atoms with Crippen molar-refractivity contribution in [3.05, 3.63) is 35.0 Å². The smallest absolute Gasteiger partial charge is 0.223 e. The number of anilines is 2. The quantitative estimate of drug-likeness (QED) is 0.351. The van der Waals surface area contributed by atoms with Gasteiger partial charge in [0.15, 0.2) is 0 Å². The second kappa shape index (κ2) is 11.6. The average molecular weight is 448 g/mol. The molecule has 31 heavy (non-hydrogen) atoms. The van der Waals surface area contributed by atoms with Crippen molar-refractivity contribution in [1.82, 2.24) is 14.9 Å². The fourth-order valence-corrected chi connectivity index (χ4v) is 3.13. The summed E-state index contributed by atoms with van der Waals surface area (Å²) in [6.45, 7) is 2.77. The predicted molar refractivity (Wildman–Crippen MR) is 126 cm³/mol. The Morgan fingerprint density at radius 1 is 1.29 bits per heavy atom. The molecule has 2 heterocycles. The predicted octanol–water partition coefficient (Wildman–Crippen LogP) is 3.94. The van der Waals surface area contributed by atoms with E-state index < -0.39 is 0 Å². The molecule has 9 heteroatoms. The van der Waals surface area contributed by atoms with Gasteiger partial charge in [-0.1, -0.05) is 37.1 Å². The van der Waals surface area contributed by atoms with Gasteiger partial charge in [0, 0.05) is 24.1 Å². The van der Waals surface area contributed by atoms with E-state index in [1.165, 1.54) is 0 Å². The van der Waals surface area contributed by atoms with Crippen LogP contribution in [-0.4, -0.2) is 60.6 Å². The number of hydrogen-bond acceptors (Lipinski definition) is 8. The van der Waals surface area contributed by atoms with Gasteiger partial charge in [-0.2, -0.15) is 4.98 Å². The Balaban J connectivity index is 0.000000785. The van der Waals surface area contributed by atoms with Crippen LogP contribution in [0.25, 0.3) is 22.3 Å². The number of hydrogen-bond donors (Lipinski definition) is 3. The molecule has 168 valence electrons. The molecule has 0 bridgehead atoms. The van der Waals surface area contributed by atoms with E-state index in [-0.39, 0.29) is 23.6 Å². The SMILES string of the molecule is CCC(CO)CCNc1nc(N)nc(Cl)c1-c1cc2ccc(C=O)cc2o1.CN(C)C. The zero-order valence-corrected chi connectivity index (χ0v) is 19.1. The summed E-state index contributed by atoms with van der Waals surface area (Å²) >= 11 is 6.32. The van der Waals surface area contributed by atoms with Gasteiger partial charge in [0.1, 0.15) is 28.6 Å². The number of nitrogens with zero attached hydrogens (tertiary/aromatic N) is 3. The fourth-order valence-electron chi connectivity index (χ4n) is 2.86. The number of carbonyl (C=O) groups excluding carboxylic acids is 1. The largest absolute Gasteiger partial charge is 0.456 e. The summed E-state index contributed by atoms with van der Waals surface area (Å²) in [5.41, 5.74) is 7.35. The van der Waals surface area contributed by atoms with Crippen LogP contribution in [0, 0.1) is 5.92 Å². The maximum absolute atomic E-state index is 11.0. The molecule has 1 atom stereocenters. The Morgan fingerprint density at radius 2 is 2.00 bits per heavy atom. The molecule has 2 aromatic heterocycles. The van der Waals surface area contributed by atoms with Crippen molar-refractivity contribution in [2.24, 2.45) is 5.92 Å². The van der Waals surface area contributed by atoms with Crippen LogP contribution >= 0.6 is 11.6 Å². The van der Waals surface area contributed by atoms with Gasteiger partial charge in [0.2, 0.25) is 5.95 Å². The van der Waals surface area contributed by atoms with Gasteiger partial charge in [0.25, 0.3) is 0 Å². The lowest BCUT2D eigenvalue weighted by Crippen LogP contribution is -2.13. The lowest BCUT2D eigenvalue weighted by Gasteiger charge is -2.14. The van der Waals surface area contributed by atoms with E-state index in [0.717, 1.165) is 24.5 Å². The molecule has 1 unspecified atom stereocenters. The minimum atomic E-state index is 0.0554. The molecule has 0 aliphatic heterocycles. The van der Waals surface area contributed by atoms with E-state index in [4.69, 9.17) is 21.8 Å². The maximum Gasteiger partial charge on any atom is 0.223 e. The molecule has 0 spiro atoms. The summed E-state index contributed by atoms with van der Waals surface area (Å²) in [5.74, 6) is 1.22. The Labute approximate surface area is 187 Å². The third-order valence-electron chi connectivity index (χ3n) is 4.49. The van der Waals surface area contributed by atoms with E-state index in [1.54, 1.807) is 18.2 Å². The van der Waals surface area contributed by atoms with Gasteiger partial charge in [-0.25, -0.2) is 4.98 Å². The Kier molecular flexibility index (Phi) is 9.23. The van der Waals surface area contributed by atoms with Crippen LogP contribution in [0.1, 0.15) is 30.1 Å². The second-order valence-electron chi connectivity index (χ2n) is 7.64. The standard InChI is InChI=1S/C19H21ClN4O3.C3H9N/c1-2-11(9-25)5-6-22-18-16(17(20)23-19(21)24-18)15-8-13-4-3-12(10-26)7-14(13)27-15;1-4(2)3/h3-4,7-8,10-11,25H,2,5-6,9H2,1H3,(H3,21,22,23,24);1-3H3. The van der Waals surface area contributed by atoms with Crippen LogP contribution in [0.5, 0.6) is 0 Å². The summed E-state index contributed by atoms with van der Waals surface area (Å²) in [6, 6.07) is 7.00. The summed E-state index contributed by atoms with van der Waals surface area (Å²) in [6.07, 6.45) is 2.43. The molecule has 4 N–H and O–H groups in total. The summed E-state index contributed by atoms with van der Waals surface area (Å²) in [5, 5.41) is 13.6. The van der Waals surface area contributed by atoms with Crippen LogP contribution in [0.2, 0.25) is 5.15 Å². The molecule has 0 aliphatic carbocycles. The topological polar surface area (TPSA) is 118 Å². The number of furan rings is 1. The molecular formula is C22H30ClN5O3. The van der Waals surface area contributed by atoms with Gasteiger partial charge in [-0.15, -0.1) is 0 Å². The lowest BCUT2D eigenvalue weighted by atomic mass is 10.0. The number of nitrogens with one attached hydrogen (secondary N) is 1. The monoisotopic (exact) mass is 447 g/mol. The zero-order valence-electron chi connectivity index (χ0n) is 18.4. The first-order valence-corrected chi connectivity index (χ1v) is 10.4. The highest BCUT2D eigenvalue weighted by molar-refractivity contribution is 6.32. The molecule has 0 amide bonds. The lowest BCUT2D eigenvalue weighted by molar-refractivity contribution is 0.112. The van der Waals surface area contributed by atoms with Crippen molar-refractivity contribution in [1.29, 1.82) is 0 Å². The molecule has 0 aliphatic rings. The number of fused-ring (bicyclic) bond motifs is 1. The molecule has 3 rings (SSSR count). The van der Waals surface area contributed by atoms with Gasteiger partial charge in [-0.05, 0) is 45.6 Å². The van der Waals surface area contributed by atoms with Crippen molar-refractivity contribution in [3.8, 4) is 11.3 Å². The van der Waals surface area contributed by atoms with E-state index in [2.05, 4.69) is 15.3 Å². The number of benzene rings is 1. The normalized spacial score (nSPS) is 11.8. The van der Waals surface area contributed by atoms with Gasteiger partial charge in [-0.3, -0.25) is 4.79 Å². The molecule has 8 nitrogen and oxygen atoms in total. The minimum Gasteiger partial charge on any atom is -0.456 e. The Bertz CT molecular complexity index is 999. The summed E-state index contributed by atoms with van der Waals surface area (Å²) in [4.78, 5) is 21.3. The van der Waals surface area contributed by atoms with E-state index >= 15 is 0 Å². The molecule has 1 aromatic carbocycles. The zero-order chi connectivity index (χ0) is 23.0.